The number of benzene rings is 2. The highest BCUT2D eigenvalue weighted by molar-refractivity contribution is 9.10. The van der Waals surface area contributed by atoms with E-state index < -0.39 is 0 Å². The molecule has 4 nitrogen and oxygen atoms in total. The maximum Gasteiger partial charge on any atom is 0.124 e. The quantitative estimate of drug-likeness (QED) is 0.835. The largest absolute Gasteiger partial charge is 0.507 e. The molecule has 1 N–H and O–H groups in total. The van der Waals surface area contributed by atoms with Gasteiger partial charge >= 0.3 is 0 Å². The van der Waals surface area contributed by atoms with Gasteiger partial charge in [0.2, 0.25) is 0 Å². The van der Waals surface area contributed by atoms with Crippen LogP contribution in [-0.2, 0) is 6.54 Å². The Bertz CT molecular complexity index is 667. The van der Waals surface area contributed by atoms with Crippen molar-refractivity contribution in [3.8, 4) is 5.75 Å². The monoisotopic (exact) mass is 373 g/mol. The van der Waals surface area contributed by atoms with E-state index in [0.29, 0.717) is 0 Å². The van der Waals surface area contributed by atoms with E-state index in [-0.39, 0.29) is 5.75 Å². The van der Waals surface area contributed by atoms with Crippen molar-refractivity contribution in [2.45, 2.75) is 6.54 Å². The summed E-state index contributed by atoms with van der Waals surface area (Å²) in [7, 11) is 0. The number of halogens is 1. The van der Waals surface area contributed by atoms with Crippen molar-refractivity contribution in [3.05, 3.63) is 64.1 Å². The Morgan fingerprint density at radius 1 is 1.04 bits per heavy atom. The number of hydrogen-bond donors (Lipinski definition) is 1. The van der Waals surface area contributed by atoms with Crippen LogP contribution in [0, 0.1) is 0 Å². The predicted molar refractivity (Wildman–Crippen MR) is 96.7 cm³/mol. The number of rotatable bonds is 4. The van der Waals surface area contributed by atoms with Crippen LogP contribution in [0.2, 0.25) is 0 Å². The standard InChI is InChI=1S/C18H20BrN3O/c19-17-6-7-18(23)16(12-17)13-20-22-10-8-21(9-11-22)14-15-4-2-1-3-5-15/h1-7,12-13,23H,8-11,14H2/b20-13+. The first-order chi connectivity index (χ1) is 11.2. The van der Waals surface area contributed by atoms with Gasteiger partial charge in [-0.1, -0.05) is 46.3 Å². The Morgan fingerprint density at radius 2 is 1.78 bits per heavy atom. The number of phenolic OH excluding ortho intramolecular Hbond substituents is 1. The number of hydrazone groups is 1. The van der Waals surface area contributed by atoms with Crippen LogP contribution in [0.5, 0.6) is 5.75 Å². The molecule has 120 valence electrons. The molecule has 1 aliphatic rings. The van der Waals surface area contributed by atoms with E-state index in [0.717, 1.165) is 42.8 Å². The molecule has 0 unspecified atom stereocenters. The molecule has 1 aliphatic heterocycles. The lowest BCUT2D eigenvalue weighted by atomic mass is 10.2. The van der Waals surface area contributed by atoms with E-state index in [1.807, 2.05) is 18.2 Å². The van der Waals surface area contributed by atoms with Gasteiger partial charge in [0.05, 0.1) is 6.21 Å². The Morgan fingerprint density at radius 3 is 2.52 bits per heavy atom. The smallest absolute Gasteiger partial charge is 0.124 e. The molecule has 2 aromatic rings. The molecule has 0 spiro atoms. The van der Waals surface area contributed by atoms with Crippen molar-refractivity contribution < 1.29 is 5.11 Å². The Hall–Kier alpha value is -1.85. The van der Waals surface area contributed by atoms with Crippen LogP contribution in [0.3, 0.4) is 0 Å². The van der Waals surface area contributed by atoms with Crippen LogP contribution in [0.15, 0.2) is 58.1 Å². The highest BCUT2D eigenvalue weighted by Crippen LogP contribution is 2.20. The van der Waals surface area contributed by atoms with Gasteiger partial charge in [0.1, 0.15) is 5.75 Å². The molecule has 2 aromatic carbocycles. The summed E-state index contributed by atoms with van der Waals surface area (Å²) in [4.78, 5) is 2.44. The average molecular weight is 374 g/mol. The van der Waals surface area contributed by atoms with E-state index in [4.69, 9.17) is 0 Å². The Kier molecular flexibility index (Phi) is 5.31. The Labute approximate surface area is 145 Å². The molecule has 0 radical (unpaired) electrons. The third kappa shape index (κ3) is 4.56. The zero-order valence-electron chi connectivity index (χ0n) is 12.9. The third-order valence-electron chi connectivity index (χ3n) is 3.95. The van der Waals surface area contributed by atoms with Gasteiger partial charge in [0.25, 0.3) is 0 Å². The molecular formula is C18H20BrN3O. The van der Waals surface area contributed by atoms with Crippen molar-refractivity contribution in [1.29, 1.82) is 0 Å². The first kappa shape index (κ1) is 16.0. The van der Waals surface area contributed by atoms with Crippen LogP contribution in [0.4, 0.5) is 0 Å². The van der Waals surface area contributed by atoms with Crippen molar-refractivity contribution in [1.82, 2.24) is 9.91 Å². The van der Waals surface area contributed by atoms with Gasteiger partial charge in [-0.05, 0) is 23.8 Å². The van der Waals surface area contributed by atoms with E-state index in [9.17, 15) is 5.11 Å². The number of piperazine rings is 1. The second kappa shape index (κ2) is 7.62. The summed E-state index contributed by atoms with van der Waals surface area (Å²) >= 11 is 3.41. The summed E-state index contributed by atoms with van der Waals surface area (Å²) < 4.78 is 0.935. The van der Waals surface area contributed by atoms with Crippen LogP contribution in [0.25, 0.3) is 0 Å². The second-order valence-electron chi connectivity index (χ2n) is 5.66. The van der Waals surface area contributed by atoms with E-state index in [1.54, 1.807) is 12.3 Å². The fourth-order valence-corrected chi connectivity index (χ4v) is 3.00. The third-order valence-corrected chi connectivity index (χ3v) is 4.44. The number of hydrogen-bond acceptors (Lipinski definition) is 4. The molecular weight excluding hydrogens is 354 g/mol. The van der Waals surface area contributed by atoms with E-state index in [1.165, 1.54) is 5.56 Å². The van der Waals surface area contributed by atoms with Gasteiger partial charge in [0, 0.05) is 42.8 Å². The minimum absolute atomic E-state index is 0.250. The van der Waals surface area contributed by atoms with Gasteiger partial charge in [-0.15, -0.1) is 0 Å². The minimum atomic E-state index is 0.250. The molecule has 1 saturated heterocycles. The van der Waals surface area contributed by atoms with Gasteiger partial charge in [-0.25, -0.2) is 0 Å². The lowest BCUT2D eigenvalue weighted by Crippen LogP contribution is -2.43. The van der Waals surface area contributed by atoms with Gasteiger partial charge in [-0.2, -0.15) is 5.10 Å². The van der Waals surface area contributed by atoms with Crippen LogP contribution in [-0.4, -0.2) is 47.4 Å². The first-order valence-corrected chi connectivity index (χ1v) is 8.54. The topological polar surface area (TPSA) is 39.1 Å². The second-order valence-corrected chi connectivity index (χ2v) is 6.58. The average Bonchev–Trinajstić information content (AvgIpc) is 2.58. The van der Waals surface area contributed by atoms with Crippen molar-refractivity contribution in [2.24, 2.45) is 5.10 Å². The van der Waals surface area contributed by atoms with Gasteiger partial charge in [0.15, 0.2) is 0 Å². The molecule has 0 saturated carbocycles. The summed E-state index contributed by atoms with van der Waals surface area (Å²) in [6.45, 7) is 4.79. The van der Waals surface area contributed by atoms with Crippen LogP contribution >= 0.6 is 15.9 Å². The predicted octanol–water partition coefficient (Wildman–Crippen LogP) is 3.31. The van der Waals surface area contributed by atoms with Crippen molar-refractivity contribution >= 4 is 22.1 Å². The normalized spacial score (nSPS) is 16.1. The number of aromatic hydroxyl groups is 1. The molecule has 0 bridgehead atoms. The zero-order valence-corrected chi connectivity index (χ0v) is 14.5. The number of nitrogens with zero attached hydrogens (tertiary/aromatic N) is 3. The lowest BCUT2D eigenvalue weighted by Gasteiger charge is -2.33. The maximum atomic E-state index is 9.83. The Balaban J connectivity index is 1.53. The van der Waals surface area contributed by atoms with Crippen LogP contribution < -0.4 is 0 Å². The molecule has 0 aromatic heterocycles. The molecule has 0 atom stereocenters. The number of phenols is 1. The maximum absolute atomic E-state index is 9.83. The molecule has 0 amide bonds. The van der Waals surface area contributed by atoms with Crippen molar-refractivity contribution in [2.75, 3.05) is 26.2 Å². The van der Waals surface area contributed by atoms with E-state index >= 15 is 0 Å². The molecule has 5 heteroatoms. The van der Waals surface area contributed by atoms with E-state index in [2.05, 4.69) is 55.2 Å². The fourth-order valence-electron chi connectivity index (χ4n) is 2.63. The summed E-state index contributed by atoms with van der Waals surface area (Å²) in [5.41, 5.74) is 2.08. The van der Waals surface area contributed by atoms with Crippen molar-refractivity contribution in [3.63, 3.8) is 0 Å². The van der Waals surface area contributed by atoms with Crippen LogP contribution in [0.1, 0.15) is 11.1 Å². The molecule has 1 heterocycles. The fraction of sp³-hybridized carbons (Fsp3) is 0.278. The summed E-state index contributed by atoms with van der Waals surface area (Å²) in [5, 5.41) is 16.4. The molecule has 3 rings (SSSR count). The van der Waals surface area contributed by atoms with Gasteiger partial charge in [-0.3, -0.25) is 9.91 Å². The highest BCUT2D eigenvalue weighted by atomic mass is 79.9. The summed E-state index contributed by atoms with van der Waals surface area (Å²) in [6, 6.07) is 15.9. The molecule has 23 heavy (non-hydrogen) atoms. The first-order valence-electron chi connectivity index (χ1n) is 7.74. The summed E-state index contributed by atoms with van der Waals surface area (Å²) in [6.07, 6.45) is 1.73. The zero-order chi connectivity index (χ0) is 16.1. The minimum Gasteiger partial charge on any atom is -0.507 e. The highest BCUT2D eigenvalue weighted by Gasteiger charge is 2.15. The molecule has 0 aliphatic carbocycles. The lowest BCUT2D eigenvalue weighted by molar-refractivity contribution is 0.131. The SMILES string of the molecule is Oc1ccc(Br)cc1/C=N/N1CCN(Cc2ccccc2)CC1. The summed E-state index contributed by atoms with van der Waals surface area (Å²) in [5.74, 6) is 0.250. The molecule has 1 fully saturated rings. The van der Waals surface area contributed by atoms with Gasteiger partial charge < -0.3 is 5.11 Å².